The smallest absolute Gasteiger partial charge is 0.218 e. The number of hydrogen-bond donors (Lipinski definition) is 0. The second-order valence-corrected chi connectivity index (χ2v) is 8.05. The highest BCUT2D eigenvalue weighted by Gasteiger charge is 2.27. The summed E-state index contributed by atoms with van der Waals surface area (Å²) in [4.78, 5) is 1.90. The summed E-state index contributed by atoms with van der Waals surface area (Å²) < 4.78 is 40.5. The van der Waals surface area contributed by atoms with Gasteiger partial charge in [-0.25, -0.2) is 12.8 Å². The van der Waals surface area contributed by atoms with Crippen LogP contribution in [-0.4, -0.2) is 38.9 Å². The molecule has 0 bridgehead atoms. The van der Waals surface area contributed by atoms with Gasteiger partial charge in [-0.2, -0.15) is 4.31 Å². The summed E-state index contributed by atoms with van der Waals surface area (Å²) in [6.45, 7) is 3.72. The molecule has 24 heavy (non-hydrogen) atoms. The van der Waals surface area contributed by atoms with Crippen molar-refractivity contribution >= 4 is 15.7 Å². The third-order valence-electron chi connectivity index (χ3n) is 4.29. The predicted octanol–water partition coefficient (Wildman–Crippen LogP) is 2.79. The van der Waals surface area contributed by atoms with Crippen LogP contribution in [0, 0.1) is 12.7 Å². The quantitative estimate of drug-likeness (QED) is 0.853. The summed E-state index contributed by atoms with van der Waals surface area (Å²) in [6.07, 6.45) is 0. The Morgan fingerprint density at radius 3 is 2.21 bits per heavy atom. The van der Waals surface area contributed by atoms with Gasteiger partial charge in [0.1, 0.15) is 5.82 Å². The molecule has 1 heterocycles. The van der Waals surface area contributed by atoms with Crippen LogP contribution >= 0.6 is 0 Å². The molecule has 0 aliphatic carbocycles. The van der Waals surface area contributed by atoms with Gasteiger partial charge in [0.15, 0.2) is 0 Å². The van der Waals surface area contributed by atoms with E-state index in [1.54, 1.807) is 18.2 Å². The number of piperazine rings is 1. The molecule has 0 saturated carbocycles. The maximum Gasteiger partial charge on any atom is 0.218 e. The third kappa shape index (κ3) is 3.76. The van der Waals surface area contributed by atoms with Crippen molar-refractivity contribution in [1.29, 1.82) is 0 Å². The number of sulfonamides is 1. The van der Waals surface area contributed by atoms with Crippen molar-refractivity contribution in [2.24, 2.45) is 0 Å². The monoisotopic (exact) mass is 348 g/mol. The molecule has 128 valence electrons. The fraction of sp³-hybridized carbons (Fsp3) is 0.333. The summed E-state index contributed by atoms with van der Waals surface area (Å²) >= 11 is 0. The topological polar surface area (TPSA) is 40.6 Å². The molecule has 0 aromatic heterocycles. The molecule has 0 unspecified atom stereocenters. The number of hydrogen-bond acceptors (Lipinski definition) is 3. The van der Waals surface area contributed by atoms with Crippen molar-refractivity contribution in [2.75, 3.05) is 31.1 Å². The average Bonchev–Trinajstić information content (AvgIpc) is 2.57. The molecule has 1 aliphatic heterocycles. The molecule has 0 spiro atoms. The highest BCUT2D eigenvalue weighted by atomic mass is 32.2. The van der Waals surface area contributed by atoms with Crippen molar-refractivity contribution in [3.05, 3.63) is 65.5 Å². The lowest BCUT2D eigenvalue weighted by molar-refractivity contribution is 0.382. The number of para-hydroxylation sites is 1. The van der Waals surface area contributed by atoms with Crippen molar-refractivity contribution in [3.8, 4) is 0 Å². The average molecular weight is 348 g/mol. The molecule has 3 rings (SSSR count). The van der Waals surface area contributed by atoms with Crippen molar-refractivity contribution in [3.63, 3.8) is 0 Å². The third-order valence-corrected chi connectivity index (χ3v) is 6.14. The number of anilines is 1. The van der Waals surface area contributed by atoms with Gasteiger partial charge in [0.2, 0.25) is 10.0 Å². The minimum atomic E-state index is -3.35. The van der Waals surface area contributed by atoms with Gasteiger partial charge in [0.05, 0.1) is 11.4 Å². The Bertz CT molecular complexity index is 798. The summed E-state index contributed by atoms with van der Waals surface area (Å²) in [5, 5.41) is 0. The minimum Gasteiger partial charge on any atom is -0.367 e. The molecule has 4 nitrogen and oxygen atoms in total. The zero-order chi connectivity index (χ0) is 17.2. The van der Waals surface area contributed by atoms with Gasteiger partial charge in [0, 0.05) is 26.2 Å². The maximum atomic E-state index is 13.9. The highest BCUT2D eigenvalue weighted by Crippen LogP contribution is 2.22. The van der Waals surface area contributed by atoms with Crippen molar-refractivity contribution in [1.82, 2.24) is 4.31 Å². The van der Waals surface area contributed by atoms with Gasteiger partial charge in [-0.15, -0.1) is 0 Å². The SMILES string of the molecule is Cc1ccc(CS(=O)(=O)N2CCN(c3ccccc3F)CC2)cc1. The van der Waals surface area contributed by atoms with E-state index in [9.17, 15) is 12.8 Å². The Kier molecular flexibility index (Phi) is 4.87. The van der Waals surface area contributed by atoms with Crippen LogP contribution < -0.4 is 4.90 Å². The predicted molar refractivity (Wildman–Crippen MR) is 94.0 cm³/mol. The molecule has 1 saturated heterocycles. The lowest BCUT2D eigenvalue weighted by Gasteiger charge is -2.35. The standard InChI is InChI=1S/C18H21FN2O2S/c1-15-6-8-16(9-7-15)14-24(22,23)21-12-10-20(11-13-21)18-5-3-2-4-17(18)19/h2-9H,10-14H2,1H3. The minimum absolute atomic E-state index is 0.00692. The van der Waals surface area contributed by atoms with Crippen LogP contribution in [0.15, 0.2) is 48.5 Å². The number of aryl methyl sites for hydroxylation is 1. The molecule has 0 N–H and O–H groups in total. The fourth-order valence-electron chi connectivity index (χ4n) is 2.90. The fourth-order valence-corrected chi connectivity index (χ4v) is 4.42. The molecule has 2 aromatic carbocycles. The second-order valence-electron chi connectivity index (χ2n) is 6.08. The van der Waals surface area contributed by atoms with E-state index in [1.807, 2.05) is 36.1 Å². The first-order valence-electron chi connectivity index (χ1n) is 7.98. The molecular weight excluding hydrogens is 327 g/mol. The Morgan fingerprint density at radius 1 is 0.958 bits per heavy atom. The molecule has 0 atom stereocenters. The van der Waals surface area contributed by atoms with E-state index < -0.39 is 10.0 Å². The number of rotatable bonds is 4. The van der Waals surface area contributed by atoms with Crippen LogP contribution in [-0.2, 0) is 15.8 Å². The van der Waals surface area contributed by atoms with Crippen LogP contribution in [0.3, 0.4) is 0 Å². The number of benzene rings is 2. The molecule has 0 amide bonds. The zero-order valence-corrected chi connectivity index (χ0v) is 14.5. The highest BCUT2D eigenvalue weighted by molar-refractivity contribution is 7.88. The first kappa shape index (κ1) is 16.9. The summed E-state index contributed by atoms with van der Waals surface area (Å²) in [6, 6.07) is 14.1. The van der Waals surface area contributed by atoms with Crippen molar-refractivity contribution in [2.45, 2.75) is 12.7 Å². The summed E-state index contributed by atoms with van der Waals surface area (Å²) in [7, 11) is -3.35. The Labute approximate surface area is 142 Å². The van der Waals surface area contributed by atoms with Crippen molar-refractivity contribution < 1.29 is 12.8 Å². The van der Waals surface area contributed by atoms with Crippen LogP contribution in [0.4, 0.5) is 10.1 Å². The van der Waals surface area contributed by atoms with Gasteiger partial charge in [-0.3, -0.25) is 0 Å². The Balaban J connectivity index is 1.65. The van der Waals surface area contributed by atoms with E-state index in [2.05, 4.69) is 0 Å². The van der Waals surface area contributed by atoms with E-state index in [-0.39, 0.29) is 11.6 Å². The van der Waals surface area contributed by atoms with Crippen LogP contribution in [0.2, 0.25) is 0 Å². The van der Waals surface area contributed by atoms with E-state index >= 15 is 0 Å². The van der Waals surface area contributed by atoms with Gasteiger partial charge in [-0.1, -0.05) is 42.0 Å². The van der Waals surface area contributed by atoms with Gasteiger partial charge in [0.25, 0.3) is 0 Å². The van der Waals surface area contributed by atoms with Crippen LogP contribution in [0.5, 0.6) is 0 Å². The van der Waals surface area contributed by atoms with Crippen LogP contribution in [0.1, 0.15) is 11.1 Å². The molecule has 1 fully saturated rings. The van der Waals surface area contributed by atoms with E-state index in [1.165, 1.54) is 10.4 Å². The van der Waals surface area contributed by atoms with Gasteiger partial charge >= 0.3 is 0 Å². The van der Waals surface area contributed by atoms with Crippen LogP contribution in [0.25, 0.3) is 0 Å². The first-order chi connectivity index (χ1) is 11.5. The number of halogens is 1. The molecular formula is C18H21FN2O2S. The van der Waals surface area contributed by atoms with E-state index in [0.29, 0.717) is 31.9 Å². The Hall–Kier alpha value is -1.92. The largest absolute Gasteiger partial charge is 0.367 e. The molecule has 6 heteroatoms. The molecule has 2 aromatic rings. The zero-order valence-electron chi connectivity index (χ0n) is 13.7. The molecule has 1 aliphatic rings. The number of nitrogens with zero attached hydrogens (tertiary/aromatic N) is 2. The van der Waals surface area contributed by atoms with E-state index in [4.69, 9.17) is 0 Å². The van der Waals surface area contributed by atoms with Gasteiger partial charge in [-0.05, 0) is 24.6 Å². The molecule has 0 radical (unpaired) electrons. The Morgan fingerprint density at radius 2 is 1.58 bits per heavy atom. The lowest BCUT2D eigenvalue weighted by Crippen LogP contribution is -2.49. The van der Waals surface area contributed by atoms with E-state index in [0.717, 1.165) is 11.1 Å². The maximum absolute atomic E-state index is 13.9. The summed E-state index contributed by atoms with van der Waals surface area (Å²) in [5.41, 5.74) is 2.43. The first-order valence-corrected chi connectivity index (χ1v) is 9.59. The van der Waals surface area contributed by atoms with Gasteiger partial charge < -0.3 is 4.90 Å². The normalized spacial score (nSPS) is 16.3. The second kappa shape index (κ2) is 6.91. The lowest BCUT2D eigenvalue weighted by atomic mass is 10.2. The summed E-state index contributed by atoms with van der Waals surface area (Å²) in [5.74, 6) is -0.263.